The van der Waals surface area contributed by atoms with Crippen LogP contribution in [0.2, 0.25) is 0 Å². The molecule has 1 rings (SSSR count). The molecule has 0 radical (unpaired) electrons. The molecule has 0 unspecified atom stereocenters. The summed E-state index contributed by atoms with van der Waals surface area (Å²) in [5.41, 5.74) is 3.15. The first-order valence-corrected chi connectivity index (χ1v) is 6.02. The van der Waals surface area contributed by atoms with Crippen molar-refractivity contribution in [1.29, 1.82) is 0 Å². The second-order valence-corrected chi connectivity index (χ2v) is 4.47. The first-order chi connectivity index (χ1) is 9.18. The number of alkyl halides is 3. The van der Waals surface area contributed by atoms with E-state index < -0.39 is 29.0 Å². The minimum atomic E-state index is -4.86. The van der Waals surface area contributed by atoms with E-state index in [0.717, 1.165) is 17.0 Å². The summed E-state index contributed by atoms with van der Waals surface area (Å²) in [6.07, 6.45) is -4.86. The molecule has 2 N–H and O–H groups in total. The number of hydrogen-bond donors (Lipinski definition) is 1. The molecule has 1 aromatic rings. The Hall–Kier alpha value is -1.70. The van der Waals surface area contributed by atoms with Gasteiger partial charge in [0.15, 0.2) is 0 Å². The van der Waals surface area contributed by atoms with Gasteiger partial charge < -0.3 is 10.6 Å². The molecule has 0 saturated carbocycles. The molecule has 0 spiro atoms. The van der Waals surface area contributed by atoms with Crippen LogP contribution < -0.4 is 5.73 Å². The molecular formula is C12H12F4N2OS. The summed E-state index contributed by atoms with van der Waals surface area (Å²) in [5, 5.41) is 0. The number of benzene rings is 1. The van der Waals surface area contributed by atoms with Gasteiger partial charge in [0.2, 0.25) is 0 Å². The Labute approximate surface area is 118 Å². The minimum Gasteiger partial charge on any atom is -0.392 e. The topological polar surface area (TPSA) is 46.3 Å². The number of hydrogen-bond acceptors (Lipinski definition) is 2. The molecule has 0 bridgehead atoms. The lowest BCUT2D eigenvalue weighted by Crippen LogP contribution is -2.38. The van der Waals surface area contributed by atoms with Crippen molar-refractivity contribution in [2.75, 3.05) is 13.1 Å². The predicted molar refractivity (Wildman–Crippen MR) is 69.8 cm³/mol. The van der Waals surface area contributed by atoms with Crippen molar-refractivity contribution < 1.29 is 22.4 Å². The largest absolute Gasteiger partial charge is 0.419 e. The molecule has 8 heteroatoms. The van der Waals surface area contributed by atoms with Crippen LogP contribution in [0.25, 0.3) is 0 Å². The Morgan fingerprint density at radius 3 is 2.45 bits per heavy atom. The second-order valence-electron chi connectivity index (χ2n) is 3.95. The third-order valence-corrected chi connectivity index (χ3v) is 2.68. The standard InChI is InChI=1S/C12H12F4N2OS/c1-2-18(6-9(17)20)11(19)7-4-3-5-8(10(7)13)12(14,15)16/h3-5H,2,6H2,1H3,(H2,17,20). The van der Waals surface area contributed by atoms with Crippen LogP contribution in [-0.4, -0.2) is 28.9 Å². The third kappa shape index (κ3) is 3.66. The van der Waals surface area contributed by atoms with Gasteiger partial charge in [0.05, 0.1) is 22.7 Å². The predicted octanol–water partition coefficient (Wildman–Crippen LogP) is 2.59. The van der Waals surface area contributed by atoms with Gasteiger partial charge in [-0.05, 0) is 19.1 Å². The Bertz CT molecular complexity index is 531. The Balaban J connectivity index is 3.20. The first-order valence-electron chi connectivity index (χ1n) is 5.61. The number of thiocarbonyl (C=S) groups is 1. The van der Waals surface area contributed by atoms with E-state index in [1.54, 1.807) is 6.92 Å². The molecular weight excluding hydrogens is 296 g/mol. The van der Waals surface area contributed by atoms with Crippen LogP contribution >= 0.6 is 12.2 Å². The monoisotopic (exact) mass is 308 g/mol. The third-order valence-electron chi connectivity index (χ3n) is 2.55. The molecule has 110 valence electrons. The molecule has 0 aliphatic rings. The summed E-state index contributed by atoms with van der Waals surface area (Å²) < 4.78 is 51.6. The van der Waals surface area contributed by atoms with E-state index in [1.165, 1.54) is 0 Å². The average Bonchev–Trinajstić information content (AvgIpc) is 2.33. The highest BCUT2D eigenvalue weighted by molar-refractivity contribution is 7.80. The summed E-state index contributed by atoms with van der Waals surface area (Å²) in [5.74, 6) is -2.48. The molecule has 0 fully saturated rings. The van der Waals surface area contributed by atoms with Crippen molar-refractivity contribution in [3.8, 4) is 0 Å². The van der Waals surface area contributed by atoms with Gasteiger partial charge in [0.1, 0.15) is 5.82 Å². The fourth-order valence-electron chi connectivity index (χ4n) is 1.60. The van der Waals surface area contributed by atoms with Crippen molar-refractivity contribution >= 4 is 23.1 Å². The van der Waals surface area contributed by atoms with Gasteiger partial charge in [-0.3, -0.25) is 4.79 Å². The molecule has 0 heterocycles. The van der Waals surface area contributed by atoms with Crippen molar-refractivity contribution in [3.63, 3.8) is 0 Å². The summed E-state index contributed by atoms with van der Waals surface area (Å²) in [7, 11) is 0. The second kappa shape index (κ2) is 6.17. The molecule has 1 amide bonds. The summed E-state index contributed by atoms with van der Waals surface area (Å²) >= 11 is 4.64. The maximum Gasteiger partial charge on any atom is 0.419 e. The molecule has 1 aromatic carbocycles. The summed E-state index contributed by atoms with van der Waals surface area (Å²) in [6.45, 7) is 1.61. The van der Waals surface area contributed by atoms with Crippen LogP contribution in [-0.2, 0) is 6.18 Å². The van der Waals surface area contributed by atoms with Gasteiger partial charge >= 0.3 is 6.18 Å². The maximum atomic E-state index is 13.8. The number of rotatable bonds is 4. The zero-order valence-electron chi connectivity index (χ0n) is 10.5. The van der Waals surface area contributed by atoms with Crippen molar-refractivity contribution in [2.45, 2.75) is 13.1 Å². The number of amides is 1. The van der Waals surface area contributed by atoms with Gasteiger partial charge in [-0.25, -0.2) is 4.39 Å². The van der Waals surface area contributed by atoms with Gasteiger partial charge in [-0.1, -0.05) is 18.3 Å². The Morgan fingerprint density at radius 1 is 1.40 bits per heavy atom. The molecule has 0 saturated heterocycles. The zero-order valence-corrected chi connectivity index (χ0v) is 11.3. The van der Waals surface area contributed by atoms with E-state index >= 15 is 0 Å². The Kier molecular flexibility index (Phi) is 5.04. The van der Waals surface area contributed by atoms with E-state index in [0.29, 0.717) is 6.07 Å². The van der Waals surface area contributed by atoms with Crippen LogP contribution in [0.3, 0.4) is 0 Å². The lowest BCUT2D eigenvalue weighted by atomic mass is 10.1. The molecule has 20 heavy (non-hydrogen) atoms. The van der Waals surface area contributed by atoms with Crippen LogP contribution in [0, 0.1) is 5.82 Å². The lowest BCUT2D eigenvalue weighted by molar-refractivity contribution is -0.140. The smallest absolute Gasteiger partial charge is 0.392 e. The van der Waals surface area contributed by atoms with Crippen molar-refractivity contribution in [3.05, 3.63) is 35.1 Å². The quantitative estimate of drug-likeness (QED) is 0.687. The van der Waals surface area contributed by atoms with Crippen LogP contribution in [0.1, 0.15) is 22.8 Å². The minimum absolute atomic E-state index is 0.00687. The number of halogens is 4. The van der Waals surface area contributed by atoms with Crippen LogP contribution in [0.5, 0.6) is 0 Å². The Morgan fingerprint density at radius 2 is 2.00 bits per heavy atom. The average molecular weight is 308 g/mol. The van der Waals surface area contributed by atoms with Crippen molar-refractivity contribution in [2.24, 2.45) is 5.73 Å². The number of nitrogens with two attached hydrogens (primary N) is 1. The van der Waals surface area contributed by atoms with Gasteiger partial charge in [0, 0.05) is 6.54 Å². The summed E-state index contributed by atoms with van der Waals surface area (Å²) in [4.78, 5) is 13.1. The summed E-state index contributed by atoms with van der Waals surface area (Å²) in [6, 6.07) is 2.55. The molecule has 0 atom stereocenters. The van der Waals surface area contributed by atoms with E-state index in [-0.39, 0.29) is 18.1 Å². The fourth-order valence-corrected chi connectivity index (χ4v) is 1.76. The van der Waals surface area contributed by atoms with Crippen LogP contribution in [0.15, 0.2) is 18.2 Å². The number of carbonyl (C=O) groups is 1. The highest BCUT2D eigenvalue weighted by Crippen LogP contribution is 2.32. The molecule has 3 nitrogen and oxygen atoms in total. The van der Waals surface area contributed by atoms with E-state index in [1.807, 2.05) is 0 Å². The SMILES string of the molecule is CCN(CC(N)=S)C(=O)c1cccc(C(F)(F)F)c1F. The van der Waals surface area contributed by atoms with E-state index in [2.05, 4.69) is 12.2 Å². The highest BCUT2D eigenvalue weighted by atomic mass is 32.1. The first kappa shape index (κ1) is 16.4. The van der Waals surface area contributed by atoms with E-state index in [9.17, 15) is 22.4 Å². The molecule has 0 aromatic heterocycles. The number of likely N-dealkylation sites (N-methyl/N-ethyl adjacent to an activating group) is 1. The molecule has 0 aliphatic heterocycles. The van der Waals surface area contributed by atoms with Gasteiger partial charge in [0.25, 0.3) is 5.91 Å². The van der Waals surface area contributed by atoms with E-state index in [4.69, 9.17) is 5.73 Å². The van der Waals surface area contributed by atoms with Gasteiger partial charge in [-0.2, -0.15) is 13.2 Å². The van der Waals surface area contributed by atoms with Crippen LogP contribution in [0.4, 0.5) is 17.6 Å². The number of carbonyl (C=O) groups excluding carboxylic acids is 1. The normalized spacial score (nSPS) is 11.2. The fraction of sp³-hybridized carbons (Fsp3) is 0.333. The number of nitrogens with zero attached hydrogens (tertiary/aromatic N) is 1. The van der Waals surface area contributed by atoms with Gasteiger partial charge in [-0.15, -0.1) is 0 Å². The van der Waals surface area contributed by atoms with Crippen molar-refractivity contribution in [1.82, 2.24) is 4.90 Å². The maximum absolute atomic E-state index is 13.8. The molecule has 0 aliphatic carbocycles. The highest BCUT2D eigenvalue weighted by Gasteiger charge is 2.36. The lowest BCUT2D eigenvalue weighted by Gasteiger charge is -2.21. The zero-order chi connectivity index (χ0) is 15.5.